The number of methoxy groups -OCH3 is 1. The summed E-state index contributed by atoms with van der Waals surface area (Å²) in [6.45, 7) is 7.26. The van der Waals surface area contributed by atoms with Crippen LogP contribution in [0.5, 0.6) is 11.5 Å². The van der Waals surface area contributed by atoms with E-state index in [9.17, 15) is 14.7 Å². The maximum absolute atomic E-state index is 12.6. The number of phenols is 1. The second-order valence-corrected chi connectivity index (χ2v) is 9.11. The van der Waals surface area contributed by atoms with E-state index in [1.807, 2.05) is 4.90 Å². The zero-order valence-electron chi connectivity index (χ0n) is 17.0. The van der Waals surface area contributed by atoms with Gasteiger partial charge in [-0.1, -0.05) is 26.8 Å². The molecule has 2 aliphatic rings. The molecule has 1 aromatic carbocycles. The van der Waals surface area contributed by atoms with Gasteiger partial charge in [-0.2, -0.15) is 0 Å². The summed E-state index contributed by atoms with van der Waals surface area (Å²) in [5, 5.41) is 9.59. The fraction of sp³-hybridized carbons (Fsp3) is 0.545. The molecule has 2 atom stereocenters. The van der Waals surface area contributed by atoms with Gasteiger partial charge in [-0.3, -0.25) is 4.79 Å². The Morgan fingerprint density at radius 2 is 2.04 bits per heavy atom. The lowest BCUT2D eigenvalue weighted by Gasteiger charge is -2.39. The van der Waals surface area contributed by atoms with Crippen LogP contribution >= 0.6 is 0 Å². The van der Waals surface area contributed by atoms with Gasteiger partial charge in [0, 0.05) is 18.7 Å². The number of ether oxygens (including phenoxy) is 2. The molecule has 2 unspecified atom stereocenters. The van der Waals surface area contributed by atoms with Crippen molar-refractivity contribution in [2.24, 2.45) is 10.8 Å². The molecule has 1 N–H and O–H groups in total. The first-order valence-corrected chi connectivity index (χ1v) is 9.62. The monoisotopic (exact) mass is 387 g/mol. The molecule has 1 heterocycles. The molecule has 2 bridgehead atoms. The summed E-state index contributed by atoms with van der Waals surface area (Å²) in [6, 6.07) is 4.98. The Kier molecular flexibility index (Phi) is 5.41. The predicted molar refractivity (Wildman–Crippen MR) is 106 cm³/mol. The van der Waals surface area contributed by atoms with E-state index in [4.69, 9.17) is 9.47 Å². The van der Waals surface area contributed by atoms with E-state index >= 15 is 0 Å². The number of aromatic hydroxyl groups is 1. The average molecular weight is 387 g/mol. The summed E-state index contributed by atoms with van der Waals surface area (Å²) in [5.74, 6) is -0.351. The highest BCUT2D eigenvalue weighted by Crippen LogP contribution is 2.52. The van der Waals surface area contributed by atoms with Crippen molar-refractivity contribution in [3.05, 3.63) is 29.8 Å². The largest absolute Gasteiger partial charge is 0.504 e. The van der Waals surface area contributed by atoms with Crippen molar-refractivity contribution >= 4 is 18.0 Å². The first kappa shape index (κ1) is 20.2. The van der Waals surface area contributed by atoms with Crippen LogP contribution in [0.25, 0.3) is 6.08 Å². The minimum atomic E-state index is -0.575. The molecule has 2 fully saturated rings. The topological polar surface area (TPSA) is 76.1 Å². The van der Waals surface area contributed by atoms with E-state index in [0.29, 0.717) is 11.3 Å². The molecule has 3 rings (SSSR count). The molecule has 0 aromatic heterocycles. The van der Waals surface area contributed by atoms with E-state index in [-0.39, 0.29) is 35.1 Å². The highest BCUT2D eigenvalue weighted by molar-refractivity contribution is 5.89. The van der Waals surface area contributed by atoms with Crippen molar-refractivity contribution < 1.29 is 24.2 Å². The molecule has 6 nitrogen and oxygen atoms in total. The molecule has 0 spiro atoms. The Balaban J connectivity index is 1.54. The second-order valence-electron chi connectivity index (χ2n) is 9.11. The Labute approximate surface area is 166 Å². The second kappa shape index (κ2) is 7.49. The van der Waals surface area contributed by atoms with Crippen LogP contribution < -0.4 is 4.74 Å². The van der Waals surface area contributed by atoms with Crippen molar-refractivity contribution in [1.29, 1.82) is 0 Å². The van der Waals surface area contributed by atoms with Gasteiger partial charge in [-0.05, 0) is 53.9 Å². The fourth-order valence-corrected chi connectivity index (χ4v) is 4.98. The van der Waals surface area contributed by atoms with Crippen molar-refractivity contribution in [3.63, 3.8) is 0 Å². The molecule has 1 saturated carbocycles. The van der Waals surface area contributed by atoms with Crippen molar-refractivity contribution in [3.8, 4) is 11.5 Å². The lowest BCUT2D eigenvalue weighted by Crippen LogP contribution is -2.39. The minimum Gasteiger partial charge on any atom is -0.504 e. The van der Waals surface area contributed by atoms with Gasteiger partial charge in [0.25, 0.3) is 5.91 Å². The summed E-state index contributed by atoms with van der Waals surface area (Å²) in [5.41, 5.74) is 1.07. The normalized spacial score (nSPS) is 25.7. The van der Waals surface area contributed by atoms with Crippen molar-refractivity contribution in [2.75, 3.05) is 20.3 Å². The molecule has 1 amide bonds. The molecular weight excluding hydrogens is 358 g/mol. The number of hydrogen-bond donors (Lipinski definition) is 1. The number of esters is 1. The van der Waals surface area contributed by atoms with E-state index in [1.54, 1.807) is 18.2 Å². The van der Waals surface area contributed by atoms with Crippen LogP contribution in [0.15, 0.2) is 24.3 Å². The van der Waals surface area contributed by atoms with Crippen LogP contribution in [0.2, 0.25) is 0 Å². The average Bonchev–Trinajstić information content (AvgIpc) is 2.87. The van der Waals surface area contributed by atoms with Crippen LogP contribution in [0.4, 0.5) is 0 Å². The molecule has 1 aliphatic heterocycles. The Morgan fingerprint density at radius 1 is 1.29 bits per heavy atom. The molecule has 0 radical (unpaired) electrons. The van der Waals surface area contributed by atoms with Gasteiger partial charge in [0.2, 0.25) is 0 Å². The fourth-order valence-electron chi connectivity index (χ4n) is 4.98. The van der Waals surface area contributed by atoms with E-state index in [1.165, 1.54) is 19.3 Å². The number of fused-ring (bicyclic) bond motifs is 2. The first-order valence-electron chi connectivity index (χ1n) is 9.62. The number of carbonyl (C=O) groups excluding carboxylic acids is 2. The molecule has 1 aliphatic carbocycles. The number of phenolic OH excluding ortho intramolecular Hbond substituents is 1. The van der Waals surface area contributed by atoms with Crippen molar-refractivity contribution in [2.45, 2.75) is 46.1 Å². The number of amides is 1. The van der Waals surface area contributed by atoms with Crippen LogP contribution in [0, 0.1) is 10.8 Å². The summed E-state index contributed by atoms with van der Waals surface area (Å²) in [7, 11) is 1.46. The van der Waals surface area contributed by atoms with Gasteiger partial charge < -0.3 is 19.5 Å². The maximum Gasteiger partial charge on any atom is 0.331 e. The third kappa shape index (κ3) is 4.49. The van der Waals surface area contributed by atoms with E-state index in [0.717, 1.165) is 25.8 Å². The maximum atomic E-state index is 12.6. The summed E-state index contributed by atoms with van der Waals surface area (Å²) < 4.78 is 10.2. The number of hydrogen-bond acceptors (Lipinski definition) is 5. The third-order valence-electron chi connectivity index (χ3n) is 5.69. The van der Waals surface area contributed by atoms with Crippen LogP contribution in [0.3, 0.4) is 0 Å². The number of rotatable bonds is 5. The molecule has 6 heteroatoms. The Morgan fingerprint density at radius 3 is 2.75 bits per heavy atom. The van der Waals surface area contributed by atoms with Crippen LogP contribution in [-0.2, 0) is 14.3 Å². The molecular formula is C22H29NO5. The lowest BCUT2D eigenvalue weighted by molar-refractivity contribution is -0.148. The number of likely N-dealkylation sites (tertiary alicyclic amines) is 1. The minimum absolute atomic E-state index is 0.0283. The van der Waals surface area contributed by atoms with Gasteiger partial charge in [0.05, 0.1) is 7.11 Å². The van der Waals surface area contributed by atoms with Gasteiger partial charge in [-0.25, -0.2) is 4.79 Å². The predicted octanol–water partition coefficient (Wildman–Crippen LogP) is 3.38. The third-order valence-corrected chi connectivity index (χ3v) is 5.69. The molecule has 1 aromatic rings. The molecule has 28 heavy (non-hydrogen) atoms. The van der Waals surface area contributed by atoms with Crippen molar-refractivity contribution in [1.82, 2.24) is 4.90 Å². The number of carbonyl (C=O) groups is 2. The van der Waals surface area contributed by atoms with E-state index in [2.05, 4.69) is 20.8 Å². The summed E-state index contributed by atoms with van der Waals surface area (Å²) in [4.78, 5) is 26.5. The van der Waals surface area contributed by atoms with Gasteiger partial charge >= 0.3 is 5.97 Å². The quantitative estimate of drug-likeness (QED) is 0.619. The zero-order valence-corrected chi connectivity index (χ0v) is 17.0. The first-order chi connectivity index (χ1) is 13.1. The number of nitrogens with zero attached hydrogens (tertiary/aromatic N) is 1. The smallest absolute Gasteiger partial charge is 0.331 e. The lowest BCUT2D eigenvalue weighted by atomic mass is 9.65. The van der Waals surface area contributed by atoms with E-state index < -0.39 is 5.97 Å². The van der Waals surface area contributed by atoms with Gasteiger partial charge in [0.15, 0.2) is 18.1 Å². The van der Waals surface area contributed by atoms with Gasteiger partial charge in [-0.15, -0.1) is 0 Å². The van der Waals surface area contributed by atoms with Gasteiger partial charge in [0.1, 0.15) is 0 Å². The summed E-state index contributed by atoms with van der Waals surface area (Å²) in [6.07, 6.45) is 5.95. The molecule has 1 saturated heterocycles. The SMILES string of the molecule is COc1cc(C=CC(=O)OCC(=O)N2CC3(C)CC2CC(C)(C)C3)ccc1O. The zero-order chi connectivity index (χ0) is 20.5. The van der Waals surface area contributed by atoms with Crippen LogP contribution in [-0.4, -0.2) is 48.2 Å². The Bertz CT molecular complexity index is 800. The highest BCUT2D eigenvalue weighted by Gasteiger charge is 2.50. The van der Waals surface area contributed by atoms with Crippen LogP contribution in [0.1, 0.15) is 45.6 Å². The number of benzene rings is 1. The highest BCUT2D eigenvalue weighted by atomic mass is 16.5. The standard InChI is InChI=1S/C22H29NO5/c1-21(2)10-16-11-22(3,13-21)14-23(16)19(25)12-28-20(26)8-6-15-5-7-17(24)18(9-15)27-4/h5-9,16,24H,10-14H2,1-4H3. The summed E-state index contributed by atoms with van der Waals surface area (Å²) >= 11 is 0. The molecule has 152 valence electrons. The Hall–Kier alpha value is -2.50.